The molecule has 3 aromatic carbocycles. The number of para-hydroxylation sites is 2. The predicted octanol–water partition coefficient (Wildman–Crippen LogP) is 3.77. The smallest absolute Gasteiger partial charge is 0.338 e. The average molecular weight is 502 g/mol. The second kappa shape index (κ2) is 10.7. The van der Waals surface area contributed by atoms with Crippen LogP contribution >= 0.6 is 0 Å². The number of hydrogen-bond acceptors (Lipinski definition) is 7. The van der Waals surface area contributed by atoms with E-state index in [1.54, 1.807) is 31.2 Å². The van der Waals surface area contributed by atoms with Crippen molar-refractivity contribution in [3.63, 3.8) is 0 Å². The van der Waals surface area contributed by atoms with Crippen LogP contribution < -0.4 is 15.5 Å². The van der Waals surface area contributed by atoms with Gasteiger partial charge in [0.25, 0.3) is 11.6 Å². The van der Waals surface area contributed by atoms with Crippen LogP contribution in [0.3, 0.4) is 0 Å². The molecule has 3 amide bonds. The summed E-state index contributed by atoms with van der Waals surface area (Å²) in [5.74, 6) is -2.17. The number of hydrogen-bond donors (Lipinski definition) is 2. The van der Waals surface area contributed by atoms with Gasteiger partial charge in [-0.05, 0) is 55.5 Å². The highest BCUT2D eigenvalue weighted by Crippen LogP contribution is 2.34. The van der Waals surface area contributed by atoms with Crippen molar-refractivity contribution >= 4 is 46.4 Å². The standard InChI is InChI=1S/C26H22N4O7/c1-2-37-26(34)17-7-11-18(12-8-17)27-23(31)15-22-24(32)28-20-5-3-4-6-21(20)29(22)25(33)16-9-13-19(14-10-16)30(35)36/h3-14,22H,2,15H2,1H3,(H,27,31)(H,28,32)/t22-/m0/s1. The number of esters is 1. The fourth-order valence-electron chi connectivity index (χ4n) is 3.88. The molecule has 188 valence electrons. The minimum absolute atomic E-state index is 0.120. The molecule has 0 saturated carbocycles. The SMILES string of the molecule is CCOC(=O)c1ccc(NC(=O)C[C@H]2C(=O)Nc3ccccc3N2C(=O)c2ccc([N+](=O)[O-])cc2)cc1. The number of nitrogens with one attached hydrogen (secondary N) is 2. The van der Waals surface area contributed by atoms with Gasteiger partial charge in [-0.2, -0.15) is 0 Å². The highest BCUT2D eigenvalue weighted by molar-refractivity contribution is 6.17. The minimum atomic E-state index is -1.18. The molecule has 0 aromatic heterocycles. The van der Waals surface area contributed by atoms with Crippen LogP contribution in [0.15, 0.2) is 72.8 Å². The fraction of sp³-hybridized carbons (Fsp3) is 0.154. The molecule has 0 unspecified atom stereocenters. The third-order valence-electron chi connectivity index (χ3n) is 5.64. The third kappa shape index (κ3) is 5.45. The van der Waals surface area contributed by atoms with Crippen molar-refractivity contribution in [2.75, 3.05) is 22.1 Å². The van der Waals surface area contributed by atoms with Crippen LogP contribution in [-0.2, 0) is 14.3 Å². The van der Waals surface area contributed by atoms with Gasteiger partial charge in [-0.15, -0.1) is 0 Å². The summed E-state index contributed by atoms with van der Waals surface area (Å²) in [7, 11) is 0. The summed E-state index contributed by atoms with van der Waals surface area (Å²) in [4.78, 5) is 62.8. The Morgan fingerprint density at radius 3 is 2.30 bits per heavy atom. The Balaban J connectivity index is 1.57. The van der Waals surface area contributed by atoms with Gasteiger partial charge in [-0.1, -0.05) is 12.1 Å². The minimum Gasteiger partial charge on any atom is -0.462 e. The van der Waals surface area contributed by atoms with Crippen LogP contribution in [0.1, 0.15) is 34.1 Å². The summed E-state index contributed by atoms with van der Waals surface area (Å²) < 4.78 is 4.94. The van der Waals surface area contributed by atoms with Crippen molar-refractivity contribution in [1.82, 2.24) is 0 Å². The molecule has 0 saturated heterocycles. The largest absolute Gasteiger partial charge is 0.462 e. The van der Waals surface area contributed by atoms with Crippen molar-refractivity contribution in [3.8, 4) is 0 Å². The summed E-state index contributed by atoms with van der Waals surface area (Å²) in [5, 5.41) is 16.4. The lowest BCUT2D eigenvalue weighted by Crippen LogP contribution is -2.52. The summed E-state index contributed by atoms with van der Waals surface area (Å²) in [5.41, 5.74) is 1.44. The molecular weight excluding hydrogens is 480 g/mol. The number of nitrogens with zero attached hydrogens (tertiary/aromatic N) is 2. The Labute approximate surface area is 211 Å². The van der Waals surface area contributed by atoms with Crippen LogP contribution in [0.4, 0.5) is 22.7 Å². The zero-order valence-corrected chi connectivity index (χ0v) is 19.7. The zero-order chi connectivity index (χ0) is 26.5. The number of amides is 3. The average Bonchev–Trinajstić information content (AvgIpc) is 2.89. The van der Waals surface area contributed by atoms with Crippen molar-refractivity contribution < 1.29 is 28.8 Å². The first-order chi connectivity index (χ1) is 17.8. The van der Waals surface area contributed by atoms with Crippen molar-refractivity contribution in [1.29, 1.82) is 0 Å². The number of anilines is 3. The lowest BCUT2D eigenvalue weighted by molar-refractivity contribution is -0.384. The number of benzene rings is 3. The lowest BCUT2D eigenvalue weighted by Gasteiger charge is -2.36. The van der Waals surface area contributed by atoms with E-state index in [0.717, 1.165) is 0 Å². The maximum atomic E-state index is 13.5. The van der Waals surface area contributed by atoms with E-state index in [4.69, 9.17) is 4.74 Å². The second-order valence-electron chi connectivity index (χ2n) is 8.05. The first-order valence-corrected chi connectivity index (χ1v) is 11.3. The maximum absolute atomic E-state index is 13.5. The monoisotopic (exact) mass is 502 g/mol. The summed E-state index contributed by atoms with van der Waals surface area (Å²) in [6.07, 6.45) is -0.363. The zero-order valence-electron chi connectivity index (χ0n) is 19.7. The number of rotatable bonds is 7. The van der Waals surface area contributed by atoms with Crippen LogP contribution in [0.2, 0.25) is 0 Å². The van der Waals surface area contributed by atoms with E-state index in [1.165, 1.54) is 53.4 Å². The molecule has 4 rings (SSSR count). The summed E-state index contributed by atoms with van der Waals surface area (Å²) in [6, 6.07) is 16.5. The van der Waals surface area contributed by atoms with Crippen LogP contribution in [0, 0.1) is 10.1 Å². The molecule has 1 aliphatic rings. The number of fused-ring (bicyclic) bond motifs is 1. The number of non-ortho nitro benzene ring substituents is 1. The van der Waals surface area contributed by atoms with Crippen LogP contribution in [-0.4, -0.2) is 41.3 Å². The van der Waals surface area contributed by atoms with Gasteiger partial charge in [0.15, 0.2) is 0 Å². The number of nitro groups is 1. The van der Waals surface area contributed by atoms with Gasteiger partial charge in [0.2, 0.25) is 11.8 Å². The molecule has 0 fully saturated rings. The summed E-state index contributed by atoms with van der Waals surface area (Å²) >= 11 is 0. The van der Waals surface area contributed by atoms with E-state index < -0.39 is 34.7 Å². The van der Waals surface area contributed by atoms with Gasteiger partial charge < -0.3 is 15.4 Å². The molecule has 0 bridgehead atoms. The molecule has 1 aliphatic heterocycles. The molecule has 37 heavy (non-hydrogen) atoms. The molecule has 0 radical (unpaired) electrons. The summed E-state index contributed by atoms with van der Waals surface area (Å²) in [6.45, 7) is 1.93. The normalized spacial score (nSPS) is 14.2. The molecular formula is C26H22N4O7. The molecule has 1 heterocycles. The molecule has 1 atom stereocenters. The van der Waals surface area contributed by atoms with Crippen molar-refractivity contribution in [2.45, 2.75) is 19.4 Å². The van der Waals surface area contributed by atoms with E-state index in [9.17, 15) is 29.3 Å². The van der Waals surface area contributed by atoms with Gasteiger partial charge in [0, 0.05) is 23.4 Å². The highest BCUT2D eigenvalue weighted by atomic mass is 16.6. The Kier molecular flexibility index (Phi) is 7.23. The van der Waals surface area contributed by atoms with Crippen molar-refractivity contribution in [3.05, 3.63) is 94.0 Å². The number of carbonyl (C=O) groups is 4. The maximum Gasteiger partial charge on any atom is 0.338 e. The van der Waals surface area contributed by atoms with Gasteiger partial charge in [0.1, 0.15) is 6.04 Å². The van der Waals surface area contributed by atoms with E-state index in [-0.39, 0.29) is 24.3 Å². The highest BCUT2D eigenvalue weighted by Gasteiger charge is 2.38. The Morgan fingerprint density at radius 1 is 1.00 bits per heavy atom. The quantitative estimate of drug-likeness (QED) is 0.284. The topological polar surface area (TPSA) is 148 Å². The van der Waals surface area contributed by atoms with Gasteiger partial charge in [-0.25, -0.2) is 4.79 Å². The molecule has 11 nitrogen and oxygen atoms in total. The third-order valence-corrected chi connectivity index (χ3v) is 5.64. The van der Waals surface area contributed by atoms with Gasteiger partial charge in [-0.3, -0.25) is 29.4 Å². The van der Waals surface area contributed by atoms with Gasteiger partial charge in [0.05, 0.1) is 34.9 Å². The van der Waals surface area contributed by atoms with E-state index in [1.807, 2.05) is 0 Å². The second-order valence-corrected chi connectivity index (χ2v) is 8.05. The van der Waals surface area contributed by atoms with E-state index in [0.29, 0.717) is 22.6 Å². The Hall–Kier alpha value is -5.06. The first-order valence-electron chi connectivity index (χ1n) is 11.3. The Morgan fingerprint density at radius 2 is 1.65 bits per heavy atom. The van der Waals surface area contributed by atoms with Gasteiger partial charge >= 0.3 is 5.97 Å². The Bertz CT molecular complexity index is 1370. The predicted molar refractivity (Wildman–Crippen MR) is 134 cm³/mol. The number of ether oxygens (including phenoxy) is 1. The molecule has 3 aromatic rings. The fourth-order valence-corrected chi connectivity index (χ4v) is 3.88. The van der Waals surface area contributed by atoms with Crippen LogP contribution in [0.5, 0.6) is 0 Å². The van der Waals surface area contributed by atoms with Crippen LogP contribution in [0.25, 0.3) is 0 Å². The van der Waals surface area contributed by atoms with Crippen molar-refractivity contribution in [2.24, 2.45) is 0 Å². The first kappa shape index (κ1) is 25.0. The number of nitro benzene ring substituents is 1. The van der Waals surface area contributed by atoms with E-state index in [2.05, 4.69) is 10.6 Å². The molecule has 0 aliphatic carbocycles. The van der Waals surface area contributed by atoms with E-state index >= 15 is 0 Å². The number of carbonyl (C=O) groups excluding carboxylic acids is 4. The molecule has 2 N–H and O–H groups in total. The molecule has 11 heteroatoms. The molecule has 0 spiro atoms. The lowest BCUT2D eigenvalue weighted by atomic mass is 10.0.